The SMILES string of the molecule is CC(C)CCN.CC(C)CCO.O=C(O)C(CCNCCCCCc1ccc2c(n1)NCCC2)Nc1ncnc2ccccc12. The summed E-state index contributed by atoms with van der Waals surface area (Å²) in [6.45, 7) is 12.2. The van der Waals surface area contributed by atoms with Crippen molar-refractivity contribution < 1.29 is 15.0 Å². The van der Waals surface area contributed by atoms with E-state index in [2.05, 4.69) is 65.7 Å². The number of aliphatic hydroxyl groups is 1. The molecule has 1 atom stereocenters. The van der Waals surface area contributed by atoms with Crippen LogP contribution in [0.3, 0.4) is 0 Å². The zero-order valence-corrected chi connectivity index (χ0v) is 27.9. The van der Waals surface area contributed by atoms with E-state index in [1.807, 2.05) is 24.3 Å². The molecule has 0 amide bonds. The minimum atomic E-state index is -0.883. The number of unbranched alkanes of at least 4 members (excludes halogenated alkanes) is 2. The van der Waals surface area contributed by atoms with Gasteiger partial charge in [0, 0.05) is 24.2 Å². The number of aliphatic carboxylic acids is 1. The number of fused-ring (bicyclic) bond motifs is 2. The fourth-order valence-corrected chi connectivity index (χ4v) is 4.75. The molecule has 0 spiro atoms. The molecule has 0 saturated carbocycles. The molecule has 1 aliphatic heterocycles. The number of hydrogen-bond acceptors (Lipinski definition) is 9. The molecule has 0 fully saturated rings. The summed E-state index contributed by atoms with van der Waals surface area (Å²) in [6, 6.07) is 11.2. The normalized spacial score (nSPS) is 12.8. The second-order valence-corrected chi connectivity index (χ2v) is 12.3. The molecule has 0 aliphatic carbocycles. The molecule has 250 valence electrons. The van der Waals surface area contributed by atoms with Gasteiger partial charge in [-0.05, 0) is 107 Å². The monoisotopic (exact) mass is 623 g/mol. The van der Waals surface area contributed by atoms with Gasteiger partial charge in [0.25, 0.3) is 0 Å². The number of nitrogens with two attached hydrogens (primary N) is 1. The number of aromatic nitrogens is 3. The van der Waals surface area contributed by atoms with Crippen molar-refractivity contribution in [3.8, 4) is 0 Å². The fraction of sp³-hybridized carbons (Fsp3) is 0.600. The zero-order valence-electron chi connectivity index (χ0n) is 27.9. The van der Waals surface area contributed by atoms with Crippen LogP contribution < -0.4 is 21.7 Å². The van der Waals surface area contributed by atoms with Crippen LogP contribution in [0, 0.1) is 11.8 Å². The van der Waals surface area contributed by atoms with Gasteiger partial charge in [-0.25, -0.2) is 19.7 Å². The van der Waals surface area contributed by atoms with Crippen LogP contribution in [-0.4, -0.2) is 70.0 Å². The number of anilines is 2. The first kappa shape index (κ1) is 37.8. The fourth-order valence-electron chi connectivity index (χ4n) is 4.75. The Balaban J connectivity index is 0.000000499. The molecular formula is C35H57N7O3. The molecular weight excluding hydrogens is 566 g/mol. The molecule has 45 heavy (non-hydrogen) atoms. The molecule has 3 heterocycles. The van der Waals surface area contributed by atoms with Gasteiger partial charge >= 0.3 is 5.97 Å². The highest BCUT2D eigenvalue weighted by molar-refractivity contribution is 5.90. The molecule has 1 unspecified atom stereocenters. The number of benzene rings is 1. The van der Waals surface area contributed by atoms with Crippen LogP contribution in [-0.2, 0) is 17.6 Å². The van der Waals surface area contributed by atoms with E-state index in [0.717, 1.165) is 92.9 Å². The van der Waals surface area contributed by atoms with Crippen molar-refractivity contribution in [3.63, 3.8) is 0 Å². The maximum atomic E-state index is 11.7. The Morgan fingerprint density at radius 2 is 1.76 bits per heavy atom. The van der Waals surface area contributed by atoms with Crippen molar-refractivity contribution in [1.29, 1.82) is 0 Å². The molecule has 1 aromatic carbocycles. The highest BCUT2D eigenvalue weighted by atomic mass is 16.4. The quantitative estimate of drug-likeness (QED) is 0.110. The van der Waals surface area contributed by atoms with Crippen molar-refractivity contribution in [2.24, 2.45) is 17.6 Å². The second-order valence-electron chi connectivity index (χ2n) is 12.3. The predicted molar refractivity (Wildman–Crippen MR) is 186 cm³/mol. The number of aryl methyl sites for hydroxylation is 2. The summed E-state index contributed by atoms with van der Waals surface area (Å²) >= 11 is 0. The summed E-state index contributed by atoms with van der Waals surface area (Å²) in [6.07, 6.45) is 10.6. The largest absolute Gasteiger partial charge is 0.480 e. The van der Waals surface area contributed by atoms with Crippen molar-refractivity contribution in [3.05, 3.63) is 54.0 Å². The van der Waals surface area contributed by atoms with Gasteiger partial charge in [0.1, 0.15) is 24.0 Å². The van der Waals surface area contributed by atoms with E-state index in [1.165, 1.54) is 18.3 Å². The van der Waals surface area contributed by atoms with E-state index in [1.54, 1.807) is 0 Å². The number of aliphatic hydroxyl groups excluding tert-OH is 1. The van der Waals surface area contributed by atoms with Crippen LogP contribution in [0.2, 0.25) is 0 Å². The number of carbonyl (C=O) groups is 1. The van der Waals surface area contributed by atoms with Gasteiger partial charge in [-0.3, -0.25) is 0 Å². The van der Waals surface area contributed by atoms with E-state index in [9.17, 15) is 9.90 Å². The standard InChI is InChI=1S/C25H32N6O2.C5H13N.C5H12O/c32-25(33)22(31-24-20-9-3-4-10-21(20)28-17-29-24)13-16-26-14-5-1-2-8-19-12-11-18-7-6-15-27-23(18)30-19;2*1-5(2)3-4-6/h3-4,9-12,17,22,26H,1-2,5-8,13-16H2,(H,27,30)(H,32,33)(H,28,29,31);5H,3-4,6H2,1-2H3;5-6H,3-4H2,1-2H3. The second kappa shape index (κ2) is 22.2. The highest BCUT2D eigenvalue weighted by Gasteiger charge is 2.18. The van der Waals surface area contributed by atoms with Gasteiger partial charge in [-0.15, -0.1) is 0 Å². The van der Waals surface area contributed by atoms with Gasteiger partial charge in [-0.1, -0.05) is 52.3 Å². The van der Waals surface area contributed by atoms with Gasteiger partial charge in [0.2, 0.25) is 0 Å². The van der Waals surface area contributed by atoms with Crippen molar-refractivity contribution >= 4 is 28.5 Å². The average Bonchev–Trinajstić information content (AvgIpc) is 3.02. The minimum Gasteiger partial charge on any atom is -0.480 e. The van der Waals surface area contributed by atoms with E-state index in [4.69, 9.17) is 15.8 Å². The van der Waals surface area contributed by atoms with Crippen LogP contribution >= 0.6 is 0 Å². The first-order valence-electron chi connectivity index (χ1n) is 16.7. The number of para-hydroxylation sites is 1. The van der Waals surface area contributed by atoms with Gasteiger partial charge < -0.3 is 31.9 Å². The van der Waals surface area contributed by atoms with Crippen LogP contribution in [0.5, 0.6) is 0 Å². The lowest BCUT2D eigenvalue weighted by Gasteiger charge is -2.17. The van der Waals surface area contributed by atoms with Gasteiger partial charge in [0.15, 0.2) is 0 Å². The molecule has 7 N–H and O–H groups in total. The van der Waals surface area contributed by atoms with Crippen molar-refractivity contribution in [1.82, 2.24) is 20.3 Å². The van der Waals surface area contributed by atoms with Crippen LogP contribution in [0.4, 0.5) is 11.6 Å². The van der Waals surface area contributed by atoms with E-state index < -0.39 is 12.0 Å². The van der Waals surface area contributed by atoms with E-state index in [0.29, 0.717) is 31.3 Å². The lowest BCUT2D eigenvalue weighted by molar-refractivity contribution is -0.138. The Hall–Kier alpha value is -3.34. The number of rotatable bonds is 16. The van der Waals surface area contributed by atoms with Crippen LogP contribution in [0.15, 0.2) is 42.7 Å². The number of carboxylic acid groups (broad SMARTS) is 1. The third-order valence-corrected chi connectivity index (χ3v) is 7.45. The molecule has 0 saturated heterocycles. The van der Waals surface area contributed by atoms with Crippen LogP contribution in [0.1, 0.15) is 83.9 Å². The Kier molecular flexibility index (Phi) is 18.7. The number of nitrogens with one attached hydrogen (secondary N) is 3. The summed E-state index contributed by atoms with van der Waals surface area (Å²) in [5.74, 6) is 2.16. The Morgan fingerprint density at radius 1 is 0.978 bits per heavy atom. The minimum absolute atomic E-state index is 0.331. The van der Waals surface area contributed by atoms with E-state index in [-0.39, 0.29) is 0 Å². The third kappa shape index (κ3) is 15.5. The first-order valence-corrected chi connectivity index (χ1v) is 16.7. The van der Waals surface area contributed by atoms with Gasteiger partial charge in [0.05, 0.1) is 5.52 Å². The molecule has 1 aliphatic rings. The van der Waals surface area contributed by atoms with Crippen molar-refractivity contribution in [2.75, 3.05) is 43.4 Å². The van der Waals surface area contributed by atoms with Gasteiger partial charge in [-0.2, -0.15) is 0 Å². The maximum Gasteiger partial charge on any atom is 0.326 e. The Morgan fingerprint density at radius 3 is 2.42 bits per heavy atom. The predicted octanol–water partition coefficient (Wildman–Crippen LogP) is 5.66. The highest BCUT2D eigenvalue weighted by Crippen LogP contribution is 2.21. The zero-order chi connectivity index (χ0) is 32.9. The molecule has 4 rings (SSSR count). The lowest BCUT2D eigenvalue weighted by Crippen LogP contribution is -2.33. The summed E-state index contributed by atoms with van der Waals surface area (Å²) < 4.78 is 0. The number of carboxylic acids is 1. The molecule has 0 bridgehead atoms. The maximum absolute atomic E-state index is 11.7. The molecule has 0 radical (unpaired) electrons. The molecule has 3 aromatic rings. The topological polar surface area (TPSA) is 158 Å². The molecule has 2 aromatic heterocycles. The molecule has 10 heteroatoms. The third-order valence-electron chi connectivity index (χ3n) is 7.45. The smallest absolute Gasteiger partial charge is 0.326 e. The van der Waals surface area contributed by atoms with Crippen LogP contribution in [0.25, 0.3) is 10.9 Å². The Labute approximate surface area is 270 Å². The summed E-state index contributed by atoms with van der Waals surface area (Å²) in [4.78, 5) is 24.9. The number of hydrogen-bond donors (Lipinski definition) is 6. The Bertz CT molecular complexity index is 1220. The lowest BCUT2D eigenvalue weighted by atomic mass is 10.1. The van der Waals surface area contributed by atoms with E-state index >= 15 is 0 Å². The average molecular weight is 624 g/mol. The molecule has 10 nitrogen and oxygen atoms in total. The summed E-state index contributed by atoms with van der Waals surface area (Å²) in [5.41, 5.74) is 8.51. The first-order chi connectivity index (χ1) is 21.7. The van der Waals surface area contributed by atoms with Crippen molar-refractivity contribution in [2.45, 2.75) is 91.5 Å². The number of nitrogens with zero attached hydrogens (tertiary/aromatic N) is 3. The summed E-state index contributed by atoms with van der Waals surface area (Å²) in [5, 5.41) is 28.5. The number of pyridine rings is 1. The summed E-state index contributed by atoms with van der Waals surface area (Å²) in [7, 11) is 0.